The topological polar surface area (TPSA) is 42.0 Å². The summed E-state index contributed by atoms with van der Waals surface area (Å²) in [6.45, 7) is 2.96. The molecule has 0 saturated carbocycles. The molecular weight excluding hydrogens is 184 g/mol. The van der Waals surface area contributed by atoms with Crippen molar-refractivity contribution in [3.05, 3.63) is 24.0 Å². The maximum Gasteiger partial charge on any atom is 0.126 e. The number of fused-ring (bicyclic) bond motifs is 1. The van der Waals surface area contributed by atoms with E-state index in [4.69, 9.17) is 0 Å². The molecule has 1 aliphatic rings. The van der Waals surface area contributed by atoms with Crippen LogP contribution in [0.3, 0.4) is 0 Å². The number of aromatic nitrogens is 1. The molecule has 2 rings (SSSR count). The van der Waals surface area contributed by atoms with E-state index in [0.29, 0.717) is 5.92 Å². The SMILES string of the molecule is CC1CNS(=O)c2cnccc2C1. The fraction of sp³-hybridized carbons (Fsp3) is 0.444. The molecule has 0 amide bonds. The van der Waals surface area contributed by atoms with Crippen molar-refractivity contribution < 1.29 is 4.21 Å². The standard InChI is InChI=1S/C9H12N2OS/c1-7-4-8-2-3-10-6-9(8)13(12)11-5-7/h2-3,6-7,11H,4-5H2,1H3. The zero-order valence-electron chi connectivity index (χ0n) is 7.49. The number of hydrogen-bond acceptors (Lipinski definition) is 2. The van der Waals surface area contributed by atoms with E-state index in [0.717, 1.165) is 23.4 Å². The van der Waals surface area contributed by atoms with E-state index in [2.05, 4.69) is 16.6 Å². The van der Waals surface area contributed by atoms with E-state index in [-0.39, 0.29) is 0 Å². The molecule has 0 aromatic carbocycles. The molecule has 0 radical (unpaired) electrons. The highest BCUT2D eigenvalue weighted by Gasteiger charge is 2.17. The van der Waals surface area contributed by atoms with Crippen LogP contribution in [0.15, 0.2) is 23.4 Å². The molecule has 1 N–H and O–H groups in total. The molecule has 13 heavy (non-hydrogen) atoms. The fourth-order valence-electron chi connectivity index (χ4n) is 1.49. The molecule has 2 heterocycles. The molecule has 0 saturated heterocycles. The molecule has 1 aromatic rings. The van der Waals surface area contributed by atoms with Crippen molar-refractivity contribution in [1.82, 2.24) is 9.71 Å². The minimum Gasteiger partial charge on any atom is -0.263 e. The Kier molecular flexibility index (Phi) is 2.42. The van der Waals surface area contributed by atoms with Crippen LogP contribution < -0.4 is 4.72 Å². The van der Waals surface area contributed by atoms with Crippen molar-refractivity contribution in [2.45, 2.75) is 18.2 Å². The Balaban J connectivity index is 2.43. The van der Waals surface area contributed by atoms with E-state index >= 15 is 0 Å². The lowest BCUT2D eigenvalue weighted by atomic mass is 10.0. The number of rotatable bonds is 0. The van der Waals surface area contributed by atoms with Gasteiger partial charge in [0.05, 0.1) is 4.90 Å². The van der Waals surface area contributed by atoms with Crippen molar-refractivity contribution in [2.75, 3.05) is 6.54 Å². The van der Waals surface area contributed by atoms with Crippen LogP contribution in [0.4, 0.5) is 0 Å². The highest BCUT2D eigenvalue weighted by Crippen LogP contribution is 2.18. The van der Waals surface area contributed by atoms with E-state index in [1.54, 1.807) is 12.4 Å². The summed E-state index contributed by atoms with van der Waals surface area (Å²) in [6.07, 6.45) is 4.43. The van der Waals surface area contributed by atoms with Gasteiger partial charge in [-0.1, -0.05) is 6.92 Å². The Morgan fingerprint density at radius 2 is 2.54 bits per heavy atom. The summed E-state index contributed by atoms with van der Waals surface area (Å²) in [6, 6.07) is 1.96. The first-order valence-corrected chi connectivity index (χ1v) is 5.50. The molecule has 2 unspecified atom stereocenters. The number of pyridine rings is 1. The van der Waals surface area contributed by atoms with Gasteiger partial charge < -0.3 is 0 Å². The van der Waals surface area contributed by atoms with Crippen LogP contribution in [0, 0.1) is 5.92 Å². The Bertz CT molecular complexity index is 340. The third-order valence-electron chi connectivity index (χ3n) is 2.20. The molecule has 2 atom stereocenters. The van der Waals surface area contributed by atoms with Crippen molar-refractivity contribution in [2.24, 2.45) is 5.92 Å². The smallest absolute Gasteiger partial charge is 0.126 e. The fourth-order valence-corrected chi connectivity index (χ4v) is 2.63. The van der Waals surface area contributed by atoms with Crippen LogP contribution in [-0.4, -0.2) is 15.7 Å². The summed E-state index contributed by atoms with van der Waals surface area (Å²) in [7, 11) is -1.07. The minimum absolute atomic E-state index is 0.535. The molecule has 70 valence electrons. The van der Waals surface area contributed by atoms with Crippen molar-refractivity contribution >= 4 is 11.0 Å². The lowest BCUT2D eigenvalue weighted by Crippen LogP contribution is -2.20. The first-order valence-electron chi connectivity index (χ1n) is 4.35. The van der Waals surface area contributed by atoms with Gasteiger partial charge in [-0.2, -0.15) is 0 Å². The Morgan fingerprint density at radius 1 is 1.69 bits per heavy atom. The second-order valence-corrected chi connectivity index (χ2v) is 4.68. The van der Waals surface area contributed by atoms with Crippen LogP contribution in [0.25, 0.3) is 0 Å². The molecule has 1 aromatic heterocycles. The predicted molar refractivity (Wildman–Crippen MR) is 51.5 cm³/mol. The normalized spacial score (nSPS) is 27.8. The van der Waals surface area contributed by atoms with E-state index in [1.807, 2.05) is 6.07 Å². The van der Waals surface area contributed by atoms with Gasteiger partial charge in [-0.05, 0) is 24.0 Å². The molecular formula is C9H12N2OS. The highest BCUT2D eigenvalue weighted by atomic mass is 32.2. The molecule has 0 spiro atoms. The maximum absolute atomic E-state index is 11.6. The quantitative estimate of drug-likeness (QED) is 0.669. The van der Waals surface area contributed by atoms with Crippen LogP contribution in [0.1, 0.15) is 12.5 Å². The summed E-state index contributed by atoms with van der Waals surface area (Å²) in [5.41, 5.74) is 1.16. The number of nitrogens with zero attached hydrogens (tertiary/aromatic N) is 1. The van der Waals surface area contributed by atoms with Gasteiger partial charge in [0.2, 0.25) is 0 Å². The van der Waals surface area contributed by atoms with Crippen molar-refractivity contribution in [3.8, 4) is 0 Å². The molecule has 4 heteroatoms. The van der Waals surface area contributed by atoms with E-state index < -0.39 is 11.0 Å². The van der Waals surface area contributed by atoms with Gasteiger partial charge in [0.1, 0.15) is 11.0 Å². The third-order valence-corrected chi connectivity index (χ3v) is 3.40. The van der Waals surface area contributed by atoms with Gasteiger partial charge >= 0.3 is 0 Å². The first kappa shape index (κ1) is 8.84. The lowest BCUT2D eigenvalue weighted by molar-refractivity contribution is 0.573. The highest BCUT2D eigenvalue weighted by molar-refractivity contribution is 7.83. The lowest BCUT2D eigenvalue weighted by Gasteiger charge is -2.05. The number of hydrogen-bond donors (Lipinski definition) is 1. The second-order valence-electron chi connectivity index (χ2n) is 3.41. The summed E-state index contributed by atoms with van der Waals surface area (Å²) in [5.74, 6) is 0.535. The minimum atomic E-state index is -1.07. The maximum atomic E-state index is 11.6. The molecule has 3 nitrogen and oxygen atoms in total. The zero-order valence-corrected chi connectivity index (χ0v) is 8.30. The van der Waals surface area contributed by atoms with Crippen LogP contribution in [0.2, 0.25) is 0 Å². The summed E-state index contributed by atoms with van der Waals surface area (Å²) < 4.78 is 14.6. The van der Waals surface area contributed by atoms with Crippen molar-refractivity contribution in [1.29, 1.82) is 0 Å². The van der Waals surface area contributed by atoms with E-state index in [1.165, 1.54) is 0 Å². The average molecular weight is 196 g/mol. The largest absolute Gasteiger partial charge is 0.263 e. The van der Waals surface area contributed by atoms with Crippen LogP contribution in [-0.2, 0) is 17.4 Å². The third kappa shape index (κ3) is 1.78. The molecule has 0 aliphatic carbocycles. The molecule has 0 bridgehead atoms. The Morgan fingerprint density at radius 3 is 3.38 bits per heavy atom. The zero-order chi connectivity index (χ0) is 9.26. The summed E-state index contributed by atoms with van der Waals surface area (Å²) in [4.78, 5) is 4.82. The van der Waals surface area contributed by atoms with Gasteiger partial charge in [0, 0.05) is 18.9 Å². The Hall–Kier alpha value is -0.740. The molecule has 0 fully saturated rings. The summed E-state index contributed by atoms with van der Waals surface area (Å²) in [5, 5.41) is 0. The summed E-state index contributed by atoms with van der Waals surface area (Å²) >= 11 is 0. The van der Waals surface area contributed by atoms with Gasteiger partial charge in [-0.3, -0.25) is 4.98 Å². The second kappa shape index (κ2) is 3.55. The molecule has 1 aliphatic heterocycles. The first-order chi connectivity index (χ1) is 6.27. The number of nitrogens with one attached hydrogen (secondary N) is 1. The van der Waals surface area contributed by atoms with Gasteiger partial charge in [0.25, 0.3) is 0 Å². The van der Waals surface area contributed by atoms with Gasteiger partial charge in [-0.25, -0.2) is 8.93 Å². The monoisotopic (exact) mass is 196 g/mol. The van der Waals surface area contributed by atoms with Crippen LogP contribution in [0.5, 0.6) is 0 Å². The van der Waals surface area contributed by atoms with Crippen molar-refractivity contribution in [3.63, 3.8) is 0 Å². The van der Waals surface area contributed by atoms with Gasteiger partial charge in [-0.15, -0.1) is 0 Å². The van der Waals surface area contributed by atoms with Crippen LogP contribution >= 0.6 is 0 Å². The Labute approximate surface area is 80.2 Å². The average Bonchev–Trinajstić information content (AvgIpc) is 2.27. The predicted octanol–water partition coefficient (Wildman–Crippen LogP) is 0.886. The van der Waals surface area contributed by atoms with E-state index in [9.17, 15) is 4.21 Å². The van der Waals surface area contributed by atoms with Gasteiger partial charge in [0.15, 0.2) is 0 Å².